The molecule has 0 fully saturated rings. The molecule has 23 heavy (non-hydrogen) atoms. The molecule has 0 radical (unpaired) electrons. The van der Waals surface area contributed by atoms with Crippen molar-refractivity contribution in [2.45, 2.75) is 11.8 Å². The number of aromatic nitrogens is 1. The average Bonchev–Trinajstić information content (AvgIpc) is 3.16. The van der Waals surface area contributed by atoms with Gasteiger partial charge in [0.05, 0.1) is 15.9 Å². The third-order valence-electron chi connectivity index (χ3n) is 3.76. The Bertz CT molecular complexity index is 933. The number of para-hydroxylation sites is 2. The van der Waals surface area contributed by atoms with Crippen LogP contribution in [0.2, 0.25) is 0 Å². The van der Waals surface area contributed by atoms with Crippen molar-refractivity contribution in [1.29, 1.82) is 5.26 Å². The normalized spacial score (nSPS) is 15.6. The molecule has 5 heteroatoms. The topological polar surface area (TPSA) is 39.9 Å². The van der Waals surface area contributed by atoms with E-state index >= 15 is 0 Å². The number of thiazole rings is 1. The Morgan fingerprint density at radius 3 is 2.74 bits per heavy atom. The number of nitriles is 1. The second-order valence-corrected chi connectivity index (χ2v) is 7.15. The molecule has 112 valence electrons. The van der Waals surface area contributed by atoms with Gasteiger partial charge in [0.15, 0.2) is 0 Å². The molecule has 0 saturated heterocycles. The van der Waals surface area contributed by atoms with Crippen LogP contribution in [0.25, 0.3) is 15.8 Å². The van der Waals surface area contributed by atoms with Gasteiger partial charge in [-0.15, -0.1) is 11.3 Å². The van der Waals surface area contributed by atoms with E-state index in [2.05, 4.69) is 35.0 Å². The molecular formula is C18H13N3S2. The summed E-state index contributed by atoms with van der Waals surface area (Å²) in [4.78, 5) is 8.05. The van der Waals surface area contributed by atoms with Gasteiger partial charge in [-0.2, -0.15) is 5.26 Å². The molecule has 2 aromatic carbocycles. The average molecular weight is 335 g/mol. The molecule has 0 atom stereocenters. The summed E-state index contributed by atoms with van der Waals surface area (Å²) in [5.74, 6) is 0. The van der Waals surface area contributed by atoms with Crippen molar-refractivity contribution < 1.29 is 0 Å². The maximum atomic E-state index is 9.78. The number of nitrogens with zero attached hydrogens (tertiary/aromatic N) is 3. The van der Waals surface area contributed by atoms with Crippen molar-refractivity contribution in [3.8, 4) is 6.07 Å². The monoisotopic (exact) mass is 335 g/mol. The van der Waals surface area contributed by atoms with Crippen LogP contribution in [0.3, 0.4) is 0 Å². The van der Waals surface area contributed by atoms with E-state index in [0.29, 0.717) is 5.57 Å². The lowest BCUT2D eigenvalue weighted by molar-refractivity contribution is 1.00. The summed E-state index contributed by atoms with van der Waals surface area (Å²) in [5, 5.41) is 11.6. The molecular weight excluding hydrogens is 322 g/mol. The van der Waals surface area contributed by atoms with Crippen molar-refractivity contribution in [2.75, 3.05) is 11.4 Å². The van der Waals surface area contributed by atoms with Crippen LogP contribution in [0.5, 0.6) is 0 Å². The van der Waals surface area contributed by atoms with E-state index in [1.165, 1.54) is 10.6 Å². The number of hydrogen-bond acceptors (Lipinski definition) is 5. The Balaban J connectivity index is 1.89. The Kier molecular flexibility index (Phi) is 3.56. The molecule has 0 unspecified atom stereocenters. The predicted molar refractivity (Wildman–Crippen MR) is 97.5 cm³/mol. The van der Waals surface area contributed by atoms with Crippen molar-refractivity contribution in [3.63, 3.8) is 0 Å². The van der Waals surface area contributed by atoms with Gasteiger partial charge in [0, 0.05) is 11.4 Å². The van der Waals surface area contributed by atoms with E-state index in [1.54, 1.807) is 23.1 Å². The first-order valence-electron chi connectivity index (χ1n) is 7.36. The zero-order valence-corrected chi connectivity index (χ0v) is 14.1. The molecule has 0 bridgehead atoms. The molecule has 0 N–H and O–H groups in total. The molecule has 1 aromatic heterocycles. The number of allylic oxidation sites excluding steroid dienone is 1. The molecule has 0 amide bonds. The highest BCUT2D eigenvalue weighted by atomic mass is 32.2. The molecule has 1 aliphatic heterocycles. The number of thioether (sulfide) groups is 1. The summed E-state index contributed by atoms with van der Waals surface area (Å²) in [6.45, 7) is 2.94. The lowest BCUT2D eigenvalue weighted by atomic mass is 10.2. The highest BCUT2D eigenvalue weighted by Gasteiger charge is 2.28. The second kappa shape index (κ2) is 5.73. The number of anilines is 1. The fraction of sp³-hybridized carbons (Fsp3) is 0.111. The standard InChI is InChI=1S/C18H13N3S2/c1-2-21-14-8-4-6-10-16(14)23-18(21)12(11-19)17-20-13-7-3-5-9-15(13)22-17/h3-10H,2H2,1H3/b18-12+. The lowest BCUT2D eigenvalue weighted by Gasteiger charge is -2.18. The first kappa shape index (κ1) is 14.3. The maximum Gasteiger partial charge on any atom is 0.137 e. The Hall–Kier alpha value is -2.29. The maximum absolute atomic E-state index is 9.78. The summed E-state index contributed by atoms with van der Waals surface area (Å²) < 4.78 is 1.11. The summed E-state index contributed by atoms with van der Waals surface area (Å²) in [6, 6.07) is 18.7. The van der Waals surface area contributed by atoms with Gasteiger partial charge in [-0.25, -0.2) is 4.98 Å². The number of fused-ring (bicyclic) bond motifs is 2. The van der Waals surface area contributed by atoms with Crippen LogP contribution in [0.15, 0.2) is 58.5 Å². The van der Waals surface area contributed by atoms with Gasteiger partial charge in [0.1, 0.15) is 21.7 Å². The van der Waals surface area contributed by atoms with Crippen LogP contribution in [0, 0.1) is 11.3 Å². The van der Waals surface area contributed by atoms with Gasteiger partial charge >= 0.3 is 0 Å². The SMILES string of the molecule is CCN1/C(=C(/C#N)c2nc3ccccc3s2)Sc2ccccc21. The molecule has 0 aliphatic carbocycles. The summed E-state index contributed by atoms with van der Waals surface area (Å²) in [7, 11) is 0. The summed E-state index contributed by atoms with van der Waals surface area (Å²) >= 11 is 3.23. The molecule has 0 spiro atoms. The molecule has 4 rings (SSSR count). The smallest absolute Gasteiger partial charge is 0.137 e. The minimum atomic E-state index is 0.661. The van der Waals surface area contributed by atoms with Gasteiger partial charge in [0.2, 0.25) is 0 Å². The van der Waals surface area contributed by atoms with Crippen molar-refractivity contribution in [3.05, 3.63) is 58.6 Å². The van der Waals surface area contributed by atoms with Crippen LogP contribution >= 0.6 is 23.1 Å². The van der Waals surface area contributed by atoms with Gasteiger partial charge in [0.25, 0.3) is 0 Å². The highest BCUT2D eigenvalue weighted by molar-refractivity contribution is 8.04. The fourth-order valence-corrected chi connectivity index (χ4v) is 4.95. The van der Waals surface area contributed by atoms with E-state index in [1.807, 2.05) is 36.4 Å². The number of benzene rings is 2. The van der Waals surface area contributed by atoms with Gasteiger partial charge in [-0.05, 0) is 31.2 Å². The first-order chi connectivity index (χ1) is 11.3. The van der Waals surface area contributed by atoms with Gasteiger partial charge in [-0.3, -0.25) is 0 Å². The van der Waals surface area contributed by atoms with Crippen LogP contribution in [0.4, 0.5) is 5.69 Å². The van der Waals surface area contributed by atoms with Gasteiger partial charge < -0.3 is 4.90 Å². The fourth-order valence-electron chi connectivity index (χ4n) is 2.70. The van der Waals surface area contributed by atoms with Crippen LogP contribution < -0.4 is 4.90 Å². The zero-order chi connectivity index (χ0) is 15.8. The third kappa shape index (κ3) is 2.31. The minimum absolute atomic E-state index is 0.661. The van der Waals surface area contributed by atoms with Crippen LogP contribution in [-0.2, 0) is 0 Å². The minimum Gasteiger partial charge on any atom is -0.334 e. The van der Waals surface area contributed by atoms with E-state index in [0.717, 1.165) is 26.8 Å². The Labute approximate surface area is 142 Å². The van der Waals surface area contributed by atoms with Crippen LogP contribution in [-0.4, -0.2) is 11.5 Å². The molecule has 3 nitrogen and oxygen atoms in total. The largest absolute Gasteiger partial charge is 0.334 e. The number of hydrogen-bond donors (Lipinski definition) is 0. The molecule has 2 heterocycles. The third-order valence-corrected chi connectivity index (χ3v) is 5.99. The van der Waals surface area contributed by atoms with E-state index in [9.17, 15) is 5.26 Å². The highest BCUT2D eigenvalue weighted by Crippen LogP contribution is 2.48. The first-order valence-corrected chi connectivity index (χ1v) is 9.00. The molecule has 1 aliphatic rings. The van der Waals surface area contributed by atoms with E-state index in [-0.39, 0.29) is 0 Å². The van der Waals surface area contributed by atoms with E-state index < -0.39 is 0 Å². The van der Waals surface area contributed by atoms with Crippen molar-refractivity contribution in [1.82, 2.24) is 4.98 Å². The number of rotatable bonds is 2. The second-order valence-electron chi connectivity index (χ2n) is 5.09. The van der Waals surface area contributed by atoms with Crippen molar-refractivity contribution in [2.24, 2.45) is 0 Å². The predicted octanol–water partition coefficient (Wildman–Crippen LogP) is 5.12. The van der Waals surface area contributed by atoms with Crippen molar-refractivity contribution >= 4 is 44.6 Å². The molecule has 0 saturated carbocycles. The molecule has 3 aromatic rings. The van der Waals surface area contributed by atoms with E-state index in [4.69, 9.17) is 0 Å². The summed E-state index contributed by atoms with van der Waals surface area (Å²) in [5.41, 5.74) is 2.78. The van der Waals surface area contributed by atoms with Crippen LogP contribution in [0.1, 0.15) is 11.9 Å². The quantitative estimate of drug-likeness (QED) is 0.609. The summed E-state index contributed by atoms with van der Waals surface area (Å²) in [6.07, 6.45) is 0. The lowest BCUT2D eigenvalue weighted by Crippen LogP contribution is -2.17. The van der Waals surface area contributed by atoms with Gasteiger partial charge in [-0.1, -0.05) is 36.0 Å². The zero-order valence-electron chi connectivity index (χ0n) is 12.5. The Morgan fingerprint density at radius 1 is 1.17 bits per heavy atom. The Morgan fingerprint density at radius 2 is 1.96 bits per heavy atom.